The fraction of sp³-hybridized carbons (Fsp3) is 0.250. The molecule has 0 unspecified atom stereocenters. The second-order valence-electron chi connectivity index (χ2n) is 5.95. The number of amidine groups is 1. The number of carbonyl (C=O) groups excluding carboxylic acids is 1. The molecule has 9 nitrogen and oxygen atoms in total. The van der Waals surface area contributed by atoms with E-state index in [4.69, 9.17) is 0 Å². The van der Waals surface area contributed by atoms with E-state index in [2.05, 4.69) is 30.5 Å². The Morgan fingerprint density at radius 2 is 1.85 bits per heavy atom. The summed E-state index contributed by atoms with van der Waals surface area (Å²) in [5, 5.41) is 0. The summed E-state index contributed by atoms with van der Waals surface area (Å²) in [6.07, 6.45) is 3.07. The number of rotatable bonds is 5. The van der Waals surface area contributed by atoms with Crippen molar-refractivity contribution in [3.63, 3.8) is 0 Å². The number of benzene rings is 1. The van der Waals surface area contributed by atoms with Gasteiger partial charge < -0.3 is 0 Å². The molecular weight excluding hydrogens is 356 g/mol. The van der Waals surface area contributed by atoms with E-state index >= 15 is 0 Å². The number of aliphatic imine (C=N–C) groups is 1. The Balaban J connectivity index is 1.83. The topological polar surface area (TPSA) is 125 Å². The predicted octanol–water partition coefficient (Wildman–Crippen LogP) is 0.683. The van der Waals surface area contributed by atoms with Gasteiger partial charge in [-0.05, 0) is 24.1 Å². The number of aromatic nitrogens is 2. The third kappa shape index (κ3) is 3.64. The Hall–Kier alpha value is -3.01. The molecule has 26 heavy (non-hydrogen) atoms. The lowest BCUT2D eigenvalue weighted by molar-refractivity contribution is -0.122. The van der Waals surface area contributed by atoms with Crippen LogP contribution in [0.5, 0.6) is 0 Å². The summed E-state index contributed by atoms with van der Waals surface area (Å²) in [5.74, 6) is -0.199. The molecule has 1 aliphatic heterocycles. The molecule has 0 saturated heterocycles. The minimum atomic E-state index is -3.66. The number of amides is 1. The van der Waals surface area contributed by atoms with Crippen LogP contribution >= 0.6 is 0 Å². The van der Waals surface area contributed by atoms with Crippen LogP contribution in [0, 0.1) is 5.92 Å². The molecule has 1 amide bonds. The molecule has 2 aromatic rings. The van der Waals surface area contributed by atoms with E-state index in [0.29, 0.717) is 5.56 Å². The Labute approximate surface area is 151 Å². The maximum atomic E-state index is 12.5. The fourth-order valence-electron chi connectivity index (χ4n) is 2.43. The average molecular weight is 374 g/mol. The largest absolute Gasteiger partial charge is 0.271 e. The second-order valence-corrected chi connectivity index (χ2v) is 7.61. The highest BCUT2D eigenvalue weighted by atomic mass is 32.2. The molecule has 0 radical (unpaired) electrons. The number of carbonyl (C=O) groups is 1. The van der Waals surface area contributed by atoms with Gasteiger partial charge in [0.2, 0.25) is 5.95 Å². The van der Waals surface area contributed by atoms with Crippen molar-refractivity contribution in [3.8, 4) is 0 Å². The molecule has 0 fully saturated rings. The maximum Gasteiger partial charge on any atom is 0.263 e. The summed E-state index contributed by atoms with van der Waals surface area (Å²) in [7, 11) is -3.66. The first-order valence-corrected chi connectivity index (χ1v) is 9.40. The minimum absolute atomic E-state index is 0.150. The van der Waals surface area contributed by atoms with Crippen molar-refractivity contribution in [2.24, 2.45) is 10.9 Å². The molecule has 1 aromatic carbocycles. The van der Waals surface area contributed by atoms with Crippen molar-refractivity contribution >= 4 is 27.7 Å². The lowest BCUT2D eigenvalue weighted by Gasteiger charge is -2.17. The van der Waals surface area contributed by atoms with E-state index in [0.717, 1.165) is 0 Å². The molecule has 3 rings (SSSR count). The van der Waals surface area contributed by atoms with Gasteiger partial charge in [0.05, 0.1) is 4.90 Å². The monoisotopic (exact) mass is 374 g/mol. The van der Waals surface area contributed by atoms with Crippen LogP contribution in [0.1, 0.15) is 19.4 Å². The normalized spacial score (nSPS) is 17.4. The number of nitrogens with zero attached hydrogens (tertiary/aromatic N) is 3. The van der Waals surface area contributed by atoms with Crippen molar-refractivity contribution in [1.29, 1.82) is 0 Å². The molecule has 2 heterocycles. The third-order valence-electron chi connectivity index (χ3n) is 3.69. The number of hydrogen-bond acceptors (Lipinski definition) is 7. The molecule has 1 aromatic heterocycles. The van der Waals surface area contributed by atoms with E-state index in [1.165, 1.54) is 18.5 Å². The van der Waals surface area contributed by atoms with Gasteiger partial charge in [-0.15, -0.1) is 0 Å². The molecular formula is C16H18N6O3S. The SMILES string of the molecule is CC(C)[C@H](N=C1NS(=O)(=O)c2ccccc21)C(=O)NNc1ncccn1. The lowest BCUT2D eigenvalue weighted by Crippen LogP contribution is -2.41. The highest BCUT2D eigenvalue weighted by Crippen LogP contribution is 2.23. The number of anilines is 1. The van der Waals surface area contributed by atoms with E-state index in [1.54, 1.807) is 24.3 Å². The molecule has 0 spiro atoms. The minimum Gasteiger partial charge on any atom is -0.271 e. The number of fused-ring (bicyclic) bond motifs is 1. The van der Waals surface area contributed by atoms with Crippen LogP contribution in [0.4, 0.5) is 5.95 Å². The lowest BCUT2D eigenvalue weighted by atomic mass is 10.0. The summed E-state index contributed by atoms with van der Waals surface area (Å²) < 4.78 is 26.8. The quantitative estimate of drug-likeness (QED) is 0.661. The van der Waals surface area contributed by atoms with Crippen molar-refractivity contribution in [2.45, 2.75) is 24.8 Å². The summed E-state index contributed by atoms with van der Waals surface area (Å²) in [4.78, 5) is 24.9. The molecule has 1 aliphatic rings. The Morgan fingerprint density at radius 3 is 2.54 bits per heavy atom. The average Bonchev–Trinajstić information content (AvgIpc) is 2.89. The molecule has 0 saturated carbocycles. The molecule has 0 bridgehead atoms. The van der Waals surface area contributed by atoms with Gasteiger partial charge in [0.1, 0.15) is 11.9 Å². The highest BCUT2D eigenvalue weighted by Gasteiger charge is 2.32. The zero-order valence-corrected chi connectivity index (χ0v) is 15.0. The van der Waals surface area contributed by atoms with E-state index in [-0.39, 0.29) is 22.6 Å². The van der Waals surface area contributed by atoms with Gasteiger partial charge >= 0.3 is 0 Å². The van der Waals surface area contributed by atoms with Gasteiger partial charge in [0.25, 0.3) is 15.9 Å². The van der Waals surface area contributed by atoms with Gasteiger partial charge in [0, 0.05) is 18.0 Å². The van der Waals surface area contributed by atoms with Crippen molar-refractivity contribution in [2.75, 3.05) is 5.43 Å². The summed E-state index contributed by atoms with van der Waals surface area (Å²) in [5.41, 5.74) is 5.56. The number of sulfonamides is 1. The third-order valence-corrected chi connectivity index (χ3v) is 5.09. The summed E-state index contributed by atoms with van der Waals surface area (Å²) in [6.45, 7) is 3.64. The van der Waals surface area contributed by atoms with Gasteiger partial charge in [-0.25, -0.2) is 18.4 Å². The van der Waals surface area contributed by atoms with Crippen LogP contribution in [0.15, 0.2) is 52.6 Å². The van der Waals surface area contributed by atoms with Crippen LogP contribution in [-0.2, 0) is 14.8 Å². The summed E-state index contributed by atoms with van der Waals surface area (Å²) >= 11 is 0. The Bertz CT molecular complexity index is 943. The van der Waals surface area contributed by atoms with E-state index in [9.17, 15) is 13.2 Å². The molecule has 10 heteroatoms. The summed E-state index contributed by atoms with van der Waals surface area (Å²) in [6, 6.07) is 7.35. The van der Waals surface area contributed by atoms with E-state index < -0.39 is 22.0 Å². The van der Waals surface area contributed by atoms with Crippen LogP contribution in [-0.4, -0.2) is 36.2 Å². The van der Waals surface area contributed by atoms with Crippen LogP contribution < -0.4 is 15.6 Å². The van der Waals surface area contributed by atoms with Crippen molar-refractivity contribution < 1.29 is 13.2 Å². The standard InChI is InChI=1S/C16H18N6O3S/c1-10(2)13(15(23)20-21-16-17-8-5-9-18-16)19-14-11-6-3-4-7-12(11)26(24,25)22-14/h3-10,13H,1-2H3,(H,19,22)(H,20,23)(H,17,18,21)/t13-/m0/s1. The zero-order chi connectivity index (χ0) is 18.7. The van der Waals surface area contributed by atoms with Gasteiger partial charge in [-0.1, -0.05) is 26.0 Å². The maximum absolute atomic E-state index is 12.5. The number of nitrogens with one attached hydrogen (secondary N) is 3. The van der Waals surface area contributed by atoms with Crippen LogP contribution in [0.25, 0.3) is 0 Å². The molecule has 3 N–H and O–H groups in total. The van der Waals surface area contributed by atoms with Gasteiger partial charge in [0.15, 0.2) is 0 Å². The zero-order valence-electron chi connectivity index (χ0n) is 14.2. The van der Waals surface area contributed by atoms with Crippen molar-refractivity contribution in [1.82, 2.24) is 20.1 Å². The Kier molecular flexibility index (Phi) is 4.85. The first-order valence-electron chi connectivity index (χ1n) is 7.91. The number of hydrazine groups is 1. The number of hydrogen-bond donors (Lipinski definition) is 3. The Morgan fingerprint density at radius 1 is 1.15 bits per heavy atom. The first kappa shape index (κ1) is 17.8. The molecule has 0 aliphatic carbocycles. The fourth-order valence-corrected chi connectivity index (χ4v) is 3.67. The van der Waals surface area contributed by atoms with Gasteiger partial charge in [-0.3, -0.25) is 25.4 Å². The van der Waals surface area contributed by atoms with Crippen LogP contribution in [0.3, 0.4) is 0 Å². The van der Waals surface area contributed by atoms with E-state index in [1.807, 2.05) is 13.8 Å². The predicted molar refractivity (Wildman–Crippen MR) is 95.7 cm³/mol. The second kappa shape index (κ2) is 7.08. The highest BCUT2D eigenvalue weighted by molar-refractivity contribution is 7.90. The smallest absolute Gasteiger partial charge is 0.263 e. The van der Waals surface area contributed by atoms with Crippen molar-refractivity contribution in [3.05, 3.63) is 48.3 Å². The van der Waals surface area contributed by atoms with Crippen LogP contribution in [0.2, 0.25) is 0 Å². The van der Waals surface area contributed by atoms with Gasteiger partial charge in [-0.2, -0.15) is 0 Å². The molecule has 136 valence electrons. The molecule has 1 atom stereocenters. The first-order chi connectivity index (χ1) is 12.4.